The van der Waals surface area contributed by atoms with Crippen LogP contribution in [0.15, 0.2) is 71.9 Å². The van der Waals surface area contributed by atoms with Gasteiger partial charge in [0.15, 0.2) is 11.0 Å². The van der Waals surface area contributed by atoms with E-state index < -0.39 is 0 Å². The van der Waals surface area contributed by atoms with Crippen molar-refractivity contribution in [2.75, 3.05) is 39.0 Å². The molecule has 0 bridgehead atoms. The van der Waals surface area contributed by atoms with Gasteiger partial charge in [0.25, 0.3) is 0 Å². The third-order valence-corrected chi connectivity index (χ3v) is 6.28. The fourth-order valence-electron chi connectivity index (χ4n) is 3.59. The molecule has 1 amide bonds. The number of benzene rings is 3. The highest BCUT2D eigenvalue weighted by molar-refractivity contribution is 7.99. The fraction of sp³-hybridized carbons (Fsp3) is 0.222. The zero-order valence-electron chi connectivity index (χ0n) is 21.1. The second-order valence-corrected chi connectivity index (χ2v) is 8.68. The molecule has 0 saturated heterocycles. The zero-order chi connectivity index (χ0) is 26.2. The van der Waals surface area contributed by atoms with Crippen LogP contribution in [0.2, 0.25) is 0 Å². The molecular formula is C27H28N4O5S. The first kappa shape index (κ1) is 25.9. The lowest BCUT2D eigenvalue weighted by molar-refractivity contribution is -0.113. The molecule has 4 aromatic rings. The molecule has 0 aliphatic heterocycles. The van der Waals surface area contributed by atoms with Crippen LogP contribution in [-0.4, -0.2) is 54.4 Å². The van der Waals surface area contributed by atoms with Crippen LogP contribution >= 0.6 is 11.8 Å². The predicted octanol–water partition coefficient (Wildman–Crippen LogP) is 5.09. The second kappa shape index (κ2) is 12.2. The molecule has 1 aromatic heterocycles. The molecule has 3 aromatic carbocycles. The number of nitrogens with one attached hydrogen (secondary N) is 1. The Morgan fingerprint density at radius 3 is 2.05 bits per heavy atom. The average Bonchev–Trinajstić information content (AvgIpc) is 3.36. The summed E-state index contributed by atoms with van der Waals surface area (Å²) in [6.45, 7) is 2.52. The first-order valence-corrected chi connectivity index (χ1v) is 12.5. The molecule has 0 atom stereocenters. The normalized spacial score (nSPS) is 10.6. The summed E-state index contributed by atoms with van der Waals surface area (Å²) in [4.78, 5) is 12.8. The summed E-state index contributed by atoms with van der Waals surface area (Å²) >= 11 is 1.29. The van der Waals surface area contributed by atoms with E-state index in [4.69, 9.17) is 18.9 Å². The maximum Gasteiger partial charge on any atom is 0.234 e. The molecule has 37 heavy (non-hydrogen) atoms. The topological polar surface area (TPSA) is 96.7 Å². The zero-order valence-corrected chi connectivity index (χ0v) is 21.9. The van der Waals surface area contributed by atoms with E-state index in [9.17, 15) is 4.79 Å². The summed E-state index contributed by atoms with van der Waals surface area (Å²) in [5.41, 5.74) is 2.29. The molecule has 4 rings (SSSR count). The highest BCUT2D eigenvalue weighted by atomic mass is 32.2. The van der Waals surface area contributed by atoms with Gasteiger partial charge in [-0.2, -0.15) is 0 Å². The van der Waals surface area contributed by atoms with E-state index in [1.165, 1.54) is 11.8 Å². The smallest absolute Gasteiger partial charge is 0.234 e. The number of methoxy groups -OCH3 is 3. The number of thioether (sulfide) groups is 1. The van der Waals surface area contributed by atoms with Crippen molar-refractivity contribution in [1.29, 1.82) is 0 Å². The van der Waals surface area contributed by atoms with Crippen LogP contribution in [0.5, 0.6) is 23.0 Å². The van der Waals surface area contributed by atoms with Crippen molar-refractivity contribution in [3.63, 3.8) is 0 Å². The summed E-state index contributed by atoms with van der Waals surface area (Å²) in [6.07, 6.45) is 0. The summed E-state index contributed by atoms with van der Waals surface area (Å²) in [7, 11) is 4.74. The van der Waals surface area contributed by atoms with Crippen molar-refractivity contribution < 1.29 is 23.7 Å². The minimum absolute atomic E-state index is 0.122. The first-order chi connectivity index (χ1) is 18.0. The molecule has 10 heteroatoms. The monoisotopic (exact) mass is 520 g/mol. The summed E-state index contributed by atoms with van der Waals surface area (Å²) < 4.78 is 23.4. The van der Waals surface area contributed by atoms with E-state index in [1.807, 2.05) is 60.0 Å². The quantitative estimate of drug-likeness (QED) is 0.273. The van der Waals surface area contributed by atoms with Crippen LogP contribution in [0.4, 0.5) is 5.69 Å². The SMILES string of the molecule is CCOc1ccc(-n2c(SCC(=O)Nc3cc(OC)cc(OC)c3)nnc2-c2ccc(OC)cc2)cc1. The molecular weight excluding hydrogens is 492 g/mol. The van der Waals surface area contributed by atoms with Crippen LogP contribution in [0.3, 0.4) is 0 Å². The van der Waals surface area contributed by atoms with E-state index in [0.29, 0.717) is 34.8 Å². The molecule has 0 aliphatic rings. The highest BCUT2D eigenvalue weighted by Crippen LogP contribution is 2.30. The van der Waals surface area contributed by atoms with Gasteiger partial charge >= 0.3 is 0 Å². The van der Waals surface area contributed by atoms with Gasteiger partial charge in [0.2, 0.25) is 5.91 Å². The van der Waals surface area contributed by atoms with Crippen molar-refractivity contribution in [2.45, 2.75) is 12.1 Å². The van der Waals surface area contributed by atoms with E-state index in [-0.39, 0.29) is 11.7 Å². The van der Waals surface area contributed by atoms with Gasteiger partial charge in [-0.05, 0) is 55.5 Å². The predicted molar refractivity (Wildman–Crippen MR) is 143 cm³/mol. The number of ether oxygens (including phenoxy) is 4. The number of rotatable bonds is 11. The Morgan fingerprint density at radius 2 is 1.46 bits per heavy atom. The Morgan fingerprint density at radius 1 is 0.838 bits per heavy atom. The van der Waals surface area contributed by atoms with E-state index in [2.05, 4.69) is 15.5 Å². The van der Waals surface area contributed by atoms with E-state index >= 15 is 0 Å². The molecule has 0 unspecified atom stereocenters. The maximum absolute atomic E-state index is 12.8. The van der Waals surface area contributed by atoms with Crippen LogP contribution in [0.25, 0.3) is 17.1 Å². The van der Waals surface area contributed by atoms with Crippen molar-refractivity contribution in [3.8, 4) is 40.1 Å². The number of amides is 1. The van der Waals surface area contributed by atoms with Crippen molar-refractivity contribution in [2.24, 2.45) is 0 Å². The van der Waals surface area contributed by atoms with Crippen molar-refractivity contribution in [1.82, 2.24) is 14.8 Å². The van der Waals surface area contributed by atoms with Gasteiger partial charge < -0.3 is 24.3 Å². The van der Waals surface area contributed by atoms with Crippen LogP contribution < -0.4 is 24.3 Å². The maximum atomic E-state index is 12.8. The number of anilines is 1. The van der Waals surface area contributed by atoms with Gasteiger partial charge in [-0.25, -0.2) is 0 Å². The van der Waals surface area contributed by atoms with Gasteiger partial charge in [0, 0.05) is 35.1 Å². The third kappa shape index (κ3) is 6.34. The highest BCUT2D eigenvalue weighted by Gasteiger charge is 2.18. The Hall–Kier alpha value is -4.18. The average molecular weight is 521 g/mol. The Kier molecular flexibility index (Phi) is 8.52. The third-order valence-electron chi connectivity index (χ3n) is 5.36. The molecule has 1 heterocycles. The number of carbonyl (C=O) groups is 1. The van der Waals surface area contributed by atoms with Gasteiger partial charge in [0.1, 0.15) is 23.0 Å². The molecule has 0 spiro atoms. The van der Waals surface area contributed by atoms with Crippen LogP contribution in [-0.2, 0) is 4.79 Å². The lowest BCUT2D eigenvalue weighted by atomic mass is 10.2. The number of nitrogens with zero attached hydrogens (tertiary/aromatic N) is 3. The van der Waals surface area contributed by atoms with Crippen molar-refractivity contribution >= 4 is 23.4 Å². The number of aromatic nitrogens is 3. The molecule has 0 fully saturated rings. The van der Waals surface area contributed by atoms with E-state index in [1.54, 1.807) is 39.5 Å². The first-order valence-electron chi connectivity index (χ1n) is 11.5. The summed E-state index contributed by atoms with van der Waals surface area (Å²) in [5, 5.41) is 12.3. The van der Waals surface area contributed by atoms with Crippen molar-refractivity contribution in [3.05, 3.63) is 66.7 Å². The number of hydrogen-bond acceptors (Lipinski definition) is 8. The molecule has 0 saturated carbocycles. The second-order valence-electron chi connectivity index (χ2n) is 7.74. The minimum atomic E-state index is -0.201. The molecule has 1 N–H and O–H groups in total. The minimum Gasteiger partial charge on any atom is -0.497 e. The number of carbonyl (C=O) groups excluding carboxylic acids is 1. The standard InChI is InChI=1S/C27H28N4O5S/c1-5-36-22-12-8-20(9-13-22)31-26(18-6-10-21(33-2)11-7-18)29-30-27(31)37-17-25(32)28-19-14-23(34-3)16-24(15-19)35-4/h6-16H,5,17H2,1-4H3,(H,28,32). The van der Waals surface area contributed by atoms with Gasteiger partial charge in [0.05, 0.1) is 33.7 Å². The van der Waals surface area contributed by atoms with Crippen LogP contribution in [0.1, 0.15) is 6.92 Å². The van der Waals surface area contributed by atoms with Gasteiger partial charge in [-0.15, -0.1) is 10.2 Å². The lowest BCUT2D eigenvalue weighted by Gasteiger charge is -2.12. The summed E-state index contributed by atoms with van der Waals surface area (Å²) in [6, 6.07) is 20.5. The summed E-state index contributed by atoms with van der Waals surface area (Å²) in [5.74, 6) is 3.25. The Balaban J connectivity index is 1.59. The molecule has 192 valence electrons. The van der Waals surface area contributed by atoms with Gasteiger partial charge in [-0.3, -0.25) is 9.36 Å². The van der Waals surface area contributed by atoms with E-state index in [0.717, 1.165) is 22.7 Å². The van der Waals surface area contributed by atoms with Gasteiger partial charge in [-0.1, -0.05) is 11.8 Å². The Labute approximate surface area is 219 Å². The largest absolute Gasteiger partial charge is 0.497 e. The molecule has 0 radical (unpaired) electrons. The molecule has 9 nitrogen and oxygen atoms in total. The fourth-order valence-corrected chi connectivity index (χ4v) is 4.34. The van der Waals surface area contributed by atoms with Crippen LogP contribution in [0, 0.1) is 0 Å². The lowest BCUT2D eigenvalue weighted by Crippen LogP contribution is -2.14. The number of hydrogen-bond donors (Lipinski definition) is 1. The Bertz CT molecular complexity index is 1320. The molecule has 0 aliphatic carbocycles.